The number of nitrogens with one attached hydrogen (secondary N) is 1. The largest absolute Gasteiger partial charge is 0.319 e. The summed E-state index contributed by atoms with van der Waals surface area (Å²) in [5, 5.41) is 3.47. The van der Waals surface area contributed by atoms with Crippen LogP contribution in [-0.4, -0.2) is 31.6 Å². The Morgan fingerprint density at radius 1 is 1.50 bits per heavy atom. The molecule has 1 aliphatic heterocycles. The fourth-order valence-electron chi connectivity index (χ4n) is 2.73. The molecule has 0 bridgehead atoms. The molecule has 0 saturated carbocycles. The van der Waals surface area contributed by atoms with Crippen LogP contribution < -0.4 is 5.32 Å². The Balaban J connectivity index is 1.97. The molecule has 1 fully saturated rings. The molecule has 1 heterocycles. The first-order valence-corrected chi connectivity index (χ1v) is 6.71. The monoisotopic (exact) mass is 270 g/mol. The number of nitrogens with zero attached hydrogens (tertiary/aromatic N) is 1. The predicted octanol–water partition coefficient (Wildman–Crippen LogP) is 2.91. The zero-order chi connectivity index (χ0) is 13.2. The van der Waals surface area contributed by atoms with Crippen molar-refractivity contribution in [2.45, 2.75) is 19.9 Å². The molecule has 1 unspecified atom stereocenters. The van der Waals surface area contributed by atoms with E-state index in [9.17, 15) is 4.39 Å². The van der Waals surface area contributed by atoms with E-state index in [0.29, 0.717) is 5.41 Å². The number of hydrogen-bond acceptors (Lipinski definition) is 2. The van der Waals surface area contributed by atoms with Gasteiger partial charge in [-0.2, -0.15) is 0 Å². The van der Waals surface area contributed by atoms with E-state index in [1.807, 2.05) is 13.1 Å². The summed E-state index contributed by atoms with van der Waals surface area (Å²) < 4.78 is 13.1. The molecule has 0 radical (unpaired) electrons. The minimum atomic E-state index is -0.346. The summed E-state index contributed by atoms with van der Waals surface area (Å²) in [5.74, 6) is -0.346. The highest BCUT2D eigenvalue weighted by atomic mass is 35.5. The standard InChI is InChI=1S/C14H20ClFN2/c1-14(9-17-2)5-6-18(10-14)8-11-3-4-13(16)12(15)7-11/h3-4,7,17H,5-6,8-10H2,1-2H3. The zero-order valence-corrected chi connectivity index (χ0v) is 11.7. The van der Waals surface area contributed by atoms with Gasteiger partial charge in [-0.25, -0.2) is 4.39 Å². The van der Waals surface area contributed by atoms with Crippen LogP contribution in [0.1, 0.15) is 18.9 Å². The molecule has 2 nitrogen and oxygen atoms in total. The Bertz CT molecular complexity index is 424. The van der Waals surface area contributed by atoms with Gasteiger partial charge in [0, 0.05) is 19.6 Å². The minimum Gasteiger partial charge on any atom is -0.319 e. The molecule has 2 rings (SSSR count). The van der Waals surface area contributed by atoms with Crippen LogP contribution in [0, 0.1) is 11.2 Å². The van der Waals surface area contributed by atoms with E-state index in [2.05, 4.69) is 17.1 Å². The van der Waals surface area contributed by atoms with Crippen LogP contribution in [0.15, 0.2) is 18.2 Å². The number of halogens is 2. The van der Waals surface area contributed by atoms with E-state index in [4.69, 9.17) is 11.6 Å². The van der Waals surface area contributed by atoms with Gasteiger partial charge >= 0.3 is 0 Å². The summed E-state index contributed by atoms with van der Waals surface area (Å²) >= 11 is 5.80. The van der Waals surface area contributed by atoms with Crippen LogP contribution in [0.3, 0.4) is 0 Å². The summed E-state index contributed by atoms with van der Waals surface area (Å²) in [6, 6.07) is 4.99. The average Bonchev–Trinajstić information content (AvgIpc) is 2.66. The van der Waals surface area contributed by atoms with Crippen LogP contribution in [0.2, 0.25) is 5.02 Å². The zero-order valence-electron chi connectivity index (χ0n) is 11.0. The average molecular weight is 271 g/mol. The Morgan fingerprint density at radius 2 is 2.28 bits per heavy atom. The van der Waals surface area contributed by atoms with Crippen LogP contribution >= 0.6 is 11.6 Å². The van der Waals surface area contributed by atoms with Crippen molar-refractivity contribution in [2.75, 3.05) is 26.7 Å². The molecule has 18 heavy (non-hydrogen) atoms. The van der Waals surface area contributed by atoms with Crippen LogP contribution in [0.4, 0.5) is 4.39 Å². The lowest BCUT2D eigenvalue weighted by molar-refractivity contribution is 0.265. The van der Waals surface area contributed by atoms with Crippen LogP contribution in [-0.2, 0) is 6.54 Å². The second-order valence-electron chi connectivity index (χ2n) is 5.55. The lowest BCUT2D eigenvalue weighted by Gasteiger charge is -2.24. The van der Waals surface area contributed by atoms with Gasteiger partial charge in [0.15, 0.2) is 0 Å². The minimum absolute atomic E-state index is 0.213. The van der Waals surface area contributed by atoms with Crippen molar-refractivity contribution in [2.24, 2.45) is 5.41 Å². The lowest BCUT2D eigenvalue weighted by Crippen LogP contribution is -2.32. The van der Waals surface area contributed by atoms with Crippen molar-refractivity contribution in [3.63, 3.8) is 0 Å². The molecule has 1 aliphatic rings. The number of rotatable bonds is 4. The van der Waals surface area contributed by atoms with Gasteiger partial charge < -0.3 is 5.32 Å². The molecule has 1 N–H and O–H groups in total. The third kappa shape index (κ3) is 3.22. The van der Waals surface area contributed by atoms with Gasteiger partial charge in [0.1, 0.15) is 5.82 Å². The van der Waals surface area contributed by atoms with Crippen molar-refractivity contribution in [1.29, 1.82) is 0 Å². The first kappa shape index (κ1) is 13.8. The van der Waals surface area contributed by atoms with Gasteiger partial charge in [-0.3, -0.25) is 4.90 Å². The SMILES string of the molecule is CNCC1(C)CCN(Cc2ccc(F)c(Cl)c2)C1. The molecule has 1 atom stereocenters. The molecule has 4 heteroatoms. The van der Waals surface area contributed by atoms with E-state index in [1.54, 1.807) is 6.07 Å². The van der Waals surface area contributed by atoms with Gasteiger partial charge in [-0.1, -0.05) is 24.6 Å². The molecule has 0 spiro atoms. The van der Waals surface area contributed by atoms with E-state index >= 15 is 0 Å². The number of hydrogen-bond donors (Lipinski definition) is 1. The second-order valence-corrected chi connectivity index (χ2v) is 5.96. The molecule has 100 valence electrons. The van der Waals surface area contributed by atoms with Crippen molar-refractivity contribution in [3.8, 4) is 0 Å². The topological polar surface area (TPSA) is 15.3 Å². The van der Waals surface area contributed by atoms with Gasteiger partial charge in [-0.15, -0.1) is 0 Å². The molecular formula is C14H20ClFN2. The molecule has 1 aromatic rings. The number of benzene rings is 1. The summed E-state index contributed by atoms with van der Waals surface area (Å²) in [6.45, 7) is 6.35. The Hall–Kier alpha value is -0.640. The quantitative estimate of drug-likeness (QED) is 0.905. The van der Waals surface area contributed by atoms with Crippen molar-refractivity contribution >= 4 is 11.6 Å². The fraction of sp³-hybridized carbons (Fsp3) is 0.571. The maximum atomic E-state index is 13.1. The third-order valence-corrected chi connectivity index (χ3v) is 3.92. The van der Waals surface area contributed by atoms with Gasteiger partial charge in [-0.05, 0) is 43.1 Å². The summed E-state index contributed by atoms with van der Waals surface area (Å²) in [6.07, 6.45) is 1.20. The Labute approximate surface area is 113 Å². The molecule has 1 aromatic carbocycles. The van der Waals surface area contributed by atoms with Crippen LogP contribution in [0.5, 0.6) is 0 Å². The second kappa shape index (κ2) is 5.55. The molecule has 0 aliphatic carbocycles. The first-order valence-electron chi connectivity index (χ1n) is 6.33. The predicted molar refractivity (Wildman–Crippen MR) is 73.3 cm³/mol. The van der Waals surface area contributed by atoms with E-state index in [0.717, 1.165) is 31.7 Å². The van der Waals surface area contributed by atoms with E-state index < -0.39 is 0 Å². The normalized spacial score (nSPS) is 24.7. The Kier molecular flexibility index (Phi) is 4.25. The highest BCUT2D eigenvalue weighted by Crippen LogP contribution is 2.30. The van der Waals surface area contributed by atoms with Crippen molar-refractivity contribution < 1.29 is 4.39 Å². The maximum Gasteiger partial charge on any atom is 0.141 e. The number of likely N-dealkylation sites (tertiary alicyclic amines) is 1. The fourth-order valence-corrected chi connectivity index (χ4v) is 2.93. The maximum absolute atomic E-state index is 13.1. The summed E-state index contributed by atoms with van der Waals surface area (Å²) in [4.78, 5) is 2.40. The molecular weight excluding hydrogens is 251 g/mol. The van der Waals surface area contributed by atoms with E-state index in [-0.39, 0.29) is 10.8 Å². The molecule has 1 saturated heterocycles. The van der Waals surface area contributed by atoms with Crippen molar-refractivity contribution in [3.05, 3.63) is 34.6 Å². The van der Waals surface area contributed by atoms with Crippen molar-refractivity contribution in [1.82, 2.24) is 10.2 Å². The lowest BCUT2D eigenvalue weighted by atomic mass is 9.90. The highest BCUT2D eigenvalue weighted by molar-refractivity contribution is 6.30. The Morgan fingerprint density at radius 3 is 2.94 bits per heavy atom. The summed E-state index contributed by atoms with van der Waals surface area (Å²) in [7, 11) is 1.99. The smallest absolute Gasteiger partial charge is 0.141 e. The van der Waals surface area contributed by atoms with Gasteiger partial charge in [0.25, 0.3) is 0 Å². The van der Waals surface area contributed by atoms with Gasteiger partial charge in [0.2, 0.25) is 0 Å². The van der Waals surface area contributed by atoms with Gasteiger partial charge in [0.05, 0.1) is 5.02 Å². The highest BCUT2D eigenvalue weighted by Gasteiger charge is 2.32. The van der Waals surface area contributed by atoms with Crippen LogP contribution in [0.25, 0.3) is 0 Å². The first-order chi connectivity index (χ1) is 8.52. The summed E-state index contributed by atoms with van der Waals surface area (Å²) in [5.41, 5.74) is 1.42. The molecule has 0 aromatic heterocycles. The van der Waals surface area contributed by atoms with E-state index in [1.165, 1.54) is 12.5 Å². The third-order valence-electron chi connectivity index (χ3n) is 3.63. The molecule has 0 amide bonds.